The molecule has 18 heavy (non-hydrogen) atoms. The van der Waals surface area contributed by atoms with Gasteiger partial charge in [0.25, 0.3) is 0 Å². The van der Waals surface area contributed by atoms with Gasteiger partial charge < -0.3 is 25.8 Å². The molecule has 0 aliphatic carbocycles. The molecule has 1 atom stereocenters. The second-order valence-electron chi connectivity index (χ2n) is 4.27. The smallest absolute Gasteiger partial charge is 0.337 e. The number of hydrogen-bond donors (Lipinski definition) is 3. The van der Waals surface area contributed by atoms with Crippen molar-refractivity contribution in [3.8, 4) is 0 Å². The Kier molecular flexibility index (Phi) is 3.29. The van der Waals surface area contributed by atoms with Crippen LogP contribution in [-0.4, -0.2) is 37.5 Å². The fraction of sp³-hybridized carbons (Fsp3) is 0.417. The minimum absolute atomic E-state index is 0.0959. The summed E-state index contributed by atoms with van der Waals surface area (Å²) >= 11 is 0. The van der Waals surface area contributed by atoms with Gasteiger partial charge in [-0.1, -0.05) is 0 Å². The zero-order valence-corrected chi connectivity index (χ0v) is 10.4. The second kappa shape index (κ2) is 4.73. The molecular weight excluding hydrogens is 234 g/mol. The second-order valence-corrected chi connectivity index (χ2v) is 4.27. The predicted octanol–water partition coefficient (Wildman–Crippen LogP) is 1.19. The normalized spacial score (nSPS) is 17.4. The Morgan fingerprint density at radius 3 is 2.94 bits per heavy atom. The maximum absolute atomic E-state index is 11.0. The van der Waals surface area contributed by atoms with Gasteiger partial charge in [-0.3, -0.25) is 0 Å². The molecule has 1 aromatic carbocycles. The number of carboxylic acid groups (broad SMARTS) is 1. The van der Waals surface area contributed by atoms with Crippen LogP contribution in [0.15, 0.2) is 12.1 Å². The summed E-state index contributed by atoms with van der Waals surface area (Å²) in [5.74, 6) is -1.01. The molecule has 1 aromatic rings. The first-order valence-electron chi connectivity index (χ1n) is 5.73. The molecule has 6 nitrogen and oxygen atoms in total. The lowest BCUT2D eigenvalue weighted by atomic mass is 10.1. The molecule has 0 aromatic heterocycles. The molecule has 1 aliphatic rings. The van der Waals surface area contributed by atoms with E-state index in [2.05, 4.69) is 10.2 Å². The van der Waals surface area contributed by atoms with Gasteiger partial charge in [-0.25, -0.2) is 4.79 Å². The van der Waals surface area contributed by atoms with Crippen molar-refractivity contribution in [3.63, 3.8) is 0 Å². The third-order valence-corrected chi connectivity index (χ3v) is 3.08. The van der Waals surface area contributed by atoms with E-state index in [-0.39, 0.29) is 17.4 Å². The number of methoxy groups -OCH3 is 1. The average molecular weight is 251 g/mol. The molecule has 0 radical (unpaired) electrons. The molecule has 0 amide bonds. The van der Waals surface area contributed by atoms with Gasteiger partial charge in [0.05, 0.1) is 29.7 Å². The minimum Gasteiger partial charge on any atom is -0.478 e. The number of nitrogens with two attached hydrogens (primary N) is 1. The van der Waals surface area contributed by atoms with Crippen LogP contribution < -0.4 is 16.0 Å². The molecule has 4 N–H and O–H groups in total. The predicted molar refractivity (Wildman–Crippen MR) is 70.1 cm³/mol. The van der Waals surface area contributed by atoms with Gasteiger partial charge in [-0.15, -0.1) is 0 Å². The standard InChI is InChI=1S/C12H17N3O3/c1-7-14-10-5-8(12(16)17)9(13)6-11(10)15(7)3-4-18-2/h5-7,14H,3-4,13H2,1-2H3,(H,16,17). The van der Waals surface area contributed by atoms with Crippen LogP contribution in [0.2, 0.25) is 0 Å². The van der Waals surface area contributed by atoms with Gasteiger partial charge in [0.1, 0.15) is 0 Å². The Morgan fingerprint density at radius 2 is 2.33 bits per heavy atom. The molecule has 1 heterocycles. The number of aromatic carboxylic acids is 1. The topological polar surface area (TPSA) is 87.8 Å². The Morgan fingerprint density at radius 1 is 1.61 bits per heavy atom. The highest BCUT2D eigenvalue weighted by atomic mass is 16.5. The SMILES string of the molecule is COCCN1c2cc(N)c(C(=O)O)cc2NC1C. The van der Waals surface area contributed by atoms with E-state index in [9.17, 15) is 4.79 Å². The molecule has 0 saturated heterocycles. The van der Waals surface area contributed by atoms with Crippen LogP contribution in [0.25, 0.3) is 0 Å². The van der Waals surface area contributed by atoms with Gasteiger partial charge in [0.2, 0.25) is 0 Å². The maximum atomic E-state index is 11.0. The summed E-state index contributed by atoms with van der Waals surface area (Å²) in [5, 5.41) is 12.3. The van der Waals surface area contributed by atoms with Gasteiger partial charge >= 0.3 is 5.97 Å². The van der Waals surface area contributed by atoms with E-state index >= 15 is 0 Å². The van der Waals surface area contributed by atoms with Crippen molar-refractivity contribution in [2.24, 2.45) is 0 Å². The first kappa shape index (κ1) is 12.5. The van der Waals surface area contributed by atoms with E-state index in [1.54, 1.807) is 19.2 Å². The first-order chi connectivity index (χ1) is 8.54. The lowest BCUT2D eigenvalue weighted by molar-refractivity contribution is 0.0698. The van der Waals surface area contributed by atoms with Crippen LogP contribution >= 0.6 is 0 Å². The van der Waals surface area contributed by atoms with Crippen LogP contribution in [0.3, 0.4) is 0 Å². The minimum atomic E-state index is -1.01. The zero-order chi connectivity index (χ0) is 13.3. The fourth-order valence-corrected chi connectivity index (χ4v) is 2.16. The van der Waals surface area contributed by atoms with E-state index in [1.807, 2.05) is 6.92 Å². The van der Waals surface area contributed by atoms with Crippen molar-refractivity contribution in [3.05, 3.63) is 17.7 Å². The van der Waals surface area contributed by atoms with Crippen LogP contribution in [0.1, 0.15) is 17.3 Å². The van der Waals surface area contributed by atoms with Gasteiger partial charge in [-0.2, -0.15) is 0 Å². The molecule has 1 unspecified atom stereocenters. The Balaban J connectivity index is 2.35. The number of nitrogen functional groups attached to an aromatic ring is 1. The van der Waals surface area contributed by atoms with Crippen molar-refractivity contribution in [2.75, 3.05) is 36.2 Å². The molecule has 2 rings (SSSR count). The summed E-state index contributed by atoms with van der Waals surface area (Å²) in [7, 11) is 1.65. The Bertz CT molecular complexity index is 476. The lowest BCUT2D eigenvalue weighted by Gasteiger charge is -2.23. The summed E-state index contributed by atoms with van der Waals surface area (Å²) in [5.41, 5.74) is 7.88. The van der Waals surface area contributed by atoms with Gasteiger partial charge in [0, 0.05) is 19.3 Å². The molecule has 0 bridgehead atoms. The number of hydrogen-bond acceptors (Lipinski definition) is 5. The number of benzene rings is 1. The summed E-state index contributed by atoms with van der Waals surface area (Å²) in [6.45, 7) is 3.34. The average Bonchev–Trinajstić information content (AvgIpc) is 2.60. The molecule has 6 heteroatoms. The van der Waals surface area contributed by atoms with Crippen LogP contribution in [-0.2, 0) is 4.74 Å². The zero-order valence-electron chi connectivity index (χ0n) is 10.4. The number of ether oxygens (including phenoxy) is 1. The van der Waals surface area contributed by atoms with Crippen LogP contribution in [0, 0.1) is 0 Å². The third-order valence-electron chi connectivity index (χ3n) is 3.08. The van der Waals surface area contributed by atoms with E-state index in [1.165, 1.54) is 0 Å². The van der Waals surface area contributed by atoms with Crippen molar-refractivity contribution in [1.82, 2.24) is 0 Å². The molecule has 1 aliphatic heterocycles. The van der Waals surface area contributed by atoms with Crippen molar-refractivity contribution in [2.45, 2.75) is 13.1 Å². The van der Waals surface area contributed by atoms with E-state index in [0.29, 0.717) is 6.61 Å². The number of rotatable bonds is 4. The summed E-state index contributed by atoms with van der Waals surface area (Å²) in [6, 6.07) is 3.28. The molecular formula is C12H17N3O3. The molecule has 0 spiro atoms. The van der Waals surface area contributed by atoms with Crippen LogP contribution in [0.5, 0.6) is 0 Å². The highest BCUT2D eigenvalue weighted by Crippen LogP contribution is 2.37. The molecule has 0 fully saturated rings. The highest BCUT2D eigenvalue weighted by Gasteiger charge is 2.27. The number of carbonyl (C=O) groups is 1. The van der Waals surface area contributed by atoms with Gasteiger partial charge in [0.15, 0.2) is 0 Å². The fourth-order valence-electron chi connectivity index (χ4n) is 2.16. The van der Waals surface area contributed by atoms with Crippen molar-refractivity contribution < 1.29 is 14.6 Å². The maximum Gasteiger partial charge on any atom is 0.337 e. The lowest BCUT2D eigenvalue weighted by Crippen LogP contribution is -2.35. The summed E-state index contributed by atoms with van der Waals surface area (Å²) in [4.78, 5) is 13.1. The largest absolute Gasteiger partial charge is 0.478 e. The summed E-state index contributed by atoms with van der Waals surface area (Å²) in [6.07, 6.45) is 0.0959. The number of anilines is 3. The van der Waals surface area contributed by atoms with Gasteiger partial charge in [-0.05, 0) is 19.1 Å². The van der Waals surface area contributed by atoms with Crippen molar-refractivity contribution in [1.29, 1.82) is 0 Å². The summed E-state index contributed by atoms with van der Waals surface area (Å²) < 4.78 is 5.06. The molecule has 98 valence electrons. The third kappa shape index (κ3) is 2.06. The number of nitrogens with zero attached hydrogens (tertiary/aromatic N) is 1. The van der Waals surface area contributed by atoms with E-state index in [0.717, 1.165) is 17.9 Å². The number of fused-ring (bicyclic) bond motifs is 1. The monoisotopic (exact) mass is 251 g/mol. The Labute approximate surface area is 105 Å². The van der Waals surface area contributed by atoms with E-state index in [4.69, 9.17) is 15.6 Å². The van der Waals surface area contributed by atoms with Crippen molar-refractivity contribution >= 4 is 23.0 Å². The molecule has 0 saturated carbocycles. The Hall–Kier alpha value is -1.95. The van der Waals surface area contributed by atoms with E-state index < -0.39 is 5.97 Å². The number of nitrogens with one attached hydrogen (secondary N) is 1. The highest BCUT2D eigenvalue weighted by molar-refractivity contribution is 5.98. The first-order valence-corrected chi connectivity index (χ1v) is 5.73. The quantitative estimate of drug-likeness (QED) is 0.697. The van der Waals surface area contributed by atoms with Crippen LogP contribution in [0.4, 0.5) is 17.1 Å². The number of carboxylic acids is 1.